The first-order chi connectivity index (χ1) is 22.8. The molecule has 0 radical (unpaired) electrons. The minimum absolute atomic E-state index is 0.148. The van der Waals surface area contributed by atoms with Crippen LogP contribution >= 0.6 is 0 Å². The lowest BCUT2D eigenvalue weighted by Gasteiger charge is -2.12. The summed E-state index contributed by atoms with van der Waals surface area (Å²) < 4.78 is 32.5. The quantitative estimate of drug-likeness (QED) is 0.0796. The van der Waals surface area contributed by atoms with Crippen LogP contribution in [0.15, 0.2) is 84.0 Å². The third kappa shape index (κ3) is 6.86. The van der Waals surface area contributed by atoms with Gasteiger partial charge in [0, 0.05) is 12.5 Å². The van der Waals surface area contributed by atoms with Gasteiger partial charge in [0.2, 0.25) is 0 Å². The molecular weight excluding hydrogens is 606 g/mol. The molecule has 1 aromatic heterocycles. The van der Waals surface area contributed by atoms with Crippen molar-refractivity contribution in [1.82, 2.24) is 10.4 Å². The number of methoxy groups -OCH3 is 4. The lowest BCUT2D eigenvalue weighted by molar-refractivity contribution is -0.132. The van der Waals surface area contributed by atoms with E-state index in [0.717, 1.165) is 5.56 Å². The lowest BCUT2D eigenvalue weighted by atomic mass is 10.0. The zero-order chi connectivity index (χ0) is 33.5. The van der Waals surface area contributed by atoms with Crippen LogP contribution in [-0.4, -0.2) is 57.5 Å². The molecule has 5 aromatic rings. The molecule has 0 aliphatic heterocycles. The van der Waals surface area contributed by atoms with E-state index in [4.69, 9.17) is 28.4 Å². The largest absolute Gasteiger partial charge is 0.496 e. The molecule has 5 rings (SSSR count). The van der Waals surface area contributed by atoms with Gasteiger partial charge in [-0.15, -0.1) is 0 Å². The molecule has 0 saturated heterocycles. The monoisotopic (exact) mass is 637 g/mol. The van der Waals surface area contributed by atoms with E-state index in [-0.39, 0.29) is 34.3 Å². The highest BCUT2D eigenvalue weighted by Crippen LogP contribution is 2.42. The van der Waals surface area contributed by atoms with Gasteiger partial charge in [0.1, 0.15) is 17.2 Å². The zero-order valence-corrected chi connectivity index (χ0v) is 26.2. The number of carbonyl (C=O) groups excluding carboxylic acids is 3. The molecule has 0 aliphatic rings. The Hall–Kier alpha value is -6.30. The van der Waals surface area contributed by atoms with Crippen LogP contribution < -0.4 is 33.8 Å². The standard InChI is InChI=1S/C35H31N3O9/c1-20(39)46-24-14-12-23(18-29(24)45-5)35(41)47-25-13-11-21(17-28(25)44-4)19-36-38-34(40)33-30(22-9-7-6-8-10-22)31-26(42-2)15-16-27(43-3)32(31)37-33/h6-19,37H,1-5H3,(H,38,40). The number of hydrazone groups is 1. The van der Waals surface area contributed by atoms with Gasteiger partial charge >= 0.3 is 11.9 Å². The average Bonchev–Trinajstić information content (AvgIpc) is 3.50. The summed E-state index contributed by atoms with van der Waals surface area (Å²) in [7, 11) is 5.93. The number of H-pyrrole nitrogens is 1. The van der Waals surface area contributed by atoms with E-state index in [1.54, 1.807) is 38.5 Å². The Kier molecular flexibility index (Phi) is 9.70. The van der Waals surface area contributed by atoms with Gasteiger partial charge in [-0.05, 0) is 59.7 Å². The number of benzene rings is 4. The number of fused-ring (bicyclic) bond motifs is 1. The molecular formula is C35H31N3O9. The van der Waals surface area contributed by atoms with E-state index in [1.807, 2.05) is 30.3 Å². The highest BCUT2D eigenvalue weighted by atomic mass is 16.6. The van der Waals surface area contributed by atoms with Gasteiger partial charge in [0.25, 0.3) is 5.91 Å². The van der Waals surface area contributed by atoms with E-state index in [0.29, 0.717) is 33.5 Å². The van der Waals surface area contributed by atoms with Crippen LogP contribution in [0.3, 0.4) is 0 Å². The molecule has 0 bridgehead atoms. The van der Waals surface area contributed by atoms with Gasteiger partial charge in [-0.2, -0.15) is 5.10 Å². The van der Waals surface area contributed by atoms with E-state index in [2.05, 4.69) is 15.5 Å². The number of carbonyl (C=O) groups is 3. The molecule has 1 amide bonds. The molecule has 0 unspecified atom stereocenters. The van der Waals surface area contributed by atoms with Crippen LogP contribution in [-0.2, 0) is 4.79 Å². The molecule has 0 saturated carbocycles. The maximum Gasteiger partial charge on any atom is 0.343 e. The number of aromatic amines is 1. The Morgan fingerprint density at radius 2 is 1.32 bits per heavy atom. The minimum atomic E-state index is -0.689. The van der Waals surface area contributed by atoms with Crippen LogP contribution in [0.2, 0.25) is 0 Å². The van der Waals surface area contributed by atoms with Crippen LogP contribution in [0.4, 0.5) is 0 Å². The summed E-state index contributed by atoms with van der Waals surface area (Å²) in [4.78, 5) is 40.9. The summed E-state index contributed by atoms with van der Waals surface area (Å²) in [6, 6.07) is 22.1. The Bertz CT molecular complexity index is 1980. The van der Waals surface area contributed by atoms with Crippen LogP contribution in [0.1, 0.15) is 33.3 Å². The Morgan fingerprint density at radius 3 is 2.00 bits per heavy atom. The second-order valence-electron chi connectivity index (χ2n) is 9.92. The van der Waals surface area contributed by atoms with Crippen molar-refractivity contribution in [1.29, 1.82) is 0 Å². The van der Waals surface area contributed by atoms with Crippen molar-refractivity contribution in [3.05, 3.63) is 95.7 Å². The smallest absolute Gasteiger partial charge is 0.343 e. The molecule has 240 valence electrons. The van der Waals surface area contributed by atoms with Crippen LogP contribution in [0.5, 0.6) is 34.5 Å². The first-order valence-electron chi connectivity index (χ1n) is 14.2. The molecule has 47 heavy (non-hydrogen) atoms. The van der Waals surface area contributed by atoms with Crippen molar-refractivity contribution in [2.75, 3.05) is 28.4 Å². The summed E-state index contributed by atoms with van der Waals surface area (Å²) in [5.74, 6) is 0.174. The van der Waals surface area contributed by atoms with Gasteiger partial charge < -0.3 is 33.4 Å². The molecule has 4 aromatic carbocycles. The maximum atomic E-state index is 13.5. The number of nitrogens with one attached hydrogen (secondary N) is 2. The van der Waals surface area contributed by atoms with Gasteiger partial charge in [-0.25, -0.2) is 10.2 Å². The van der Waals surface area contributed by atoms with Crippen molar-refractivity contribution in [2.24, 2.45) is 5.10 Å². The van der Waals surface area contributed by atoms with E-state index in [1.165, 1.54) is 51.6 Å². The molecule has 0 aliphatic carbocycles. The molecule has 12 heteroatoms. The third-order valence-corrected chi connectivity index (χ3v) is 7.03. The number of nitrogens with zero attached hydrogens (tertiary/aromatic N) is 1. The molecule has 1 heterocycles. The Morgan fingerprint density at radius 1 is 0.702 bits per heavy atom. The van der Waals surface area contributed by atoms with Gasteiger partial charge in [-0.3, -0.25) is 9.59 Å². The van der Waals surface area contributed by atoms with Gasteiger partial charge in [-0.1, -0.05) is 30.3 Å². The van der Waals surface area contributed by atoms with Crippen molar-refractivity contribution in [3.8, 4) is 45.6 Å². The maximum absolute atomic E-state index is 13.5. The Labute approximate surface area is 269 Å². The highest BCUT2D eigenvalue weighted by Gasteiger charge is 2.24. The van der Waals surface area contributed by atoms with E-state index >= 15 is 0 Å². The molecule has 0 spiro atoms. The number of amides is 1. The number of hydrogen-bond donors (Lipinski definition) is 2. The number of rotatable bonds is 11. The van der Waals surface area contributed by atoms with Gasteiger partial charge in [0.15, 0.2) is 23.0 Å². The number of ether oxygens (including phenoxy) is 6. The summed E-state index contributed by atoms with van der Waals surface area (Å²) in [5, 5.41) is 4.84. The van der Waals surface area contributed by atoms with Crippen molar-refractivity contribution >= 4 is 35.0 Å². The van der Waals surface area contributed by atoms with Crippen LogP contribution in [0, 0.1) is 0 Å². The predicted molar refractivity (Wildman–Crippen MR) is 174 cm³/mol. The molecule has 2 N–H and O–H groups in total. The first kappa shape index (κ1) is 32.1. The summed E-state index contributed by atoms with van der Waals surface area (Å²) in [5.41, 5.74) is 5.60. The fraction of sp³-hybridized carbons (Fsp3) is 0.143. The third-order valence-electron chi connectivity index (χ3n) is 7.03. The van der Waals surface area contributed by atoms with E-state index < -0.39 is 17.8 Å². The minimum Gasteiger partial charge on any atom is -0.496 e. The highest BCUT2D eigenvalue weighted by molar-refractivity contribution is 6.13. The predicted octanol–water partition coefficient (Wildman–Crippen LogP) is 5.78. The normalized spacial score (nSPS) is 10.8. The topological polar surface area (TPSA) is 147 Å². The number of aromatic nitrogens is 1. The fourth-order valence-corrected chi connectivity index (χ4v) is 4.92. The zero-order valence-electron chi connectivity index (χ0n) is 26.2. The lowest BCUT2D eigenvalue weighted by Crippen LogP contribution is -2.19. The van der Waals surface area contributed by atoms with Crippen molar-refractivity contribution < 1.29 is 42.8 Å². The summed E-state index contributed by atoms with van der Waals surface area (Å²) in [6.45, 7) is 1.26. The summed E-state index contributed by atoms with van der Waals surface area (Å²) in [6.07, 6.45) is 1.43. The average molecular weight is 638 g/mol. The second kappa shape index (κ2) is 14.2. The molecule has 0 fully saturated rings. The van der Waals surface area contributed by atoms with Crippen LogP contribution in [0.25, 0.3) is 22.0 Å². The molecule has 0 atom stereocenters. The number of esters is 2. The second-order valence-corrected chi connectivity index (χ2v) is 9.92. The SMILES string of the molecule is COc1cc(C(=O)Oc2ccc(C=NNC(=O)c3[nH]c4c(OC)ccc(OC)c4c3-c3ccccc3)cc2OC)ccc1OC(C)=O. The Balaban J connectivity index is 1.36. The first-order valence-corrected chi connectivity index (χ1v) is 14.2. The fourth-order valence-electron chi connectivity index (χ4n) is 4.92. The van der Waals surface area contributed by atoms with E-state index in [9.17, 15) is 14.4 Å². The summed E-state index contributed by atoms with van der Waals surface area (Å²) >= 11 is 0. The van der Waals surface area contributed by atoms with Crippen molar-refractivity contribution in [2.45, 2.75) is 6.92 Å². The van der Waals surface area contributed by atoms with Crippen molar-refractivity contribution in [3.63, 3.8) is 0 Å². The molecule has 12 nitrogen and oxygen atoms in total. The van der Waals surface area contributed by atoms with Gasteiger partial charge in [0.05, 0.1) is 51.1 Å². The number of hydrogen-bond acceptors (Lipinski definition) is 10.